The fourth-order valence-corrected chi connectivity index (χ4v) is 2.35. The molecule has 0 unspecified atom stereocenters. The lowest BCUT2D eigenvalue weighted by molar-refractivity contribution is 0.935. The van der Waals surface area contributed by atoms with Gasteiger partial charge in [-0.15, -0.1) is 0 Å². The highest BCUT2D eigenvalue weighted by molar-refractivity contribution is 14.1. The van der Waals surface area contributed by atoms with E-state index in [9.17, 15) is 0 Å². The molecule has 0 amide bonds. The summed E-state index contributed by atoms with van der Waals surface area (Å²) in [5, 5.41) is 7.97. The lowest BCUT2D eigenvalue weighted by atomic mass is 10.2. The van der Waals surface area contributed by atoms with Crippen LogP contribution in [0, 0.1) is 3.57 Å². The minimum atomic E-state index is 0.595. The number of aromatic nitrogens is 3. The maximum Gasteiger partial charge on any atom is 0.182 e. The summed E-state index contributed by atoms with van der Waals surface area (Å²) in [5.74, 6) is 2.35. The van der Waals surface area contributed by atoms with E-state index in [1.807, 2.05) is 18.2 Å². The Labute approximate surface area is 112 Å². The maximum absolute atomic E-state index is 5.98. The van der Waals surface area contributed by atoms with Crippen molar-refractivity contribution in [3.05, 3.63) is 32.6 Å². The van der Waals surface area contributed by atoms with Crippen molar-refractivity contribution in [2.75, 3.05) is 0 Å². The van der Waals surface area contributed by atoms with E-state index in [1.54, 1.807) is 0 Å². The van der Waals surface area contributed by atoms with Gasteiger partial charge in [-0.3, -0.25) is 5.10 Å². The van der Waals surface area contributed by atoms with Gasteiger partial charge in [0.2, 0.25) is 0 Å². The van der Waals surface area contributed by atoms with Gasteiger partial charge < -0.3 is 0 Å². The molecule has 1 aromatic carbocycles. The van der Waals surface area contributed by atoms with Crippen molar-refractivity contribution >= 4 is 34.2 Å². The molecule has 82 valence electrons. The summed E-state index contributed by atoms with van der Waals surface area (Å²) in [5.41, 5.74) is 0.997. The Balaban J connectivity index is 2.03. The molecule has 0 radical (unpaired) electrons. The third-order valence-electron chi connectivity index (χ3n) is 2.64. The van der Waals surface area contributed by atoms with Crippen LogP contribution in [0.15, 0.2) is 18.2 Å². The Hall–Kier alpha value is -0.620. The van der Waals surface area contributed by atoms with Crippen molar-refractivity contribution in [2.24, 2.45) is 0 Å². The second-order valence-electron chi connectivity index (χ2n) is 3.94. The molecule has 3 rings (SSSR count). The highest BCUT2D eigenvalue weighted by atomic mass is 127. The van der Waals surface area contributed by atoms with Gasteiger partial charge >= 0.3 is 0 Å². The summed E-state index contributed by atoms with van der Waals surface area (Å²) in [6, 6.07) is 5.76. The highest BCUT2D eigenvalue weighted by Crippen LogP contribution is 2.38. The van der Waals surface area contributed by atoms with Crippen LogP contribution in [-0.2, 0) is 0 Å². The molecular weight excluding hydrogens is 336 g/mol. The van der Waals surface area contributed by atoms with Crippen LogP contribution in [0.25, 0.3) is 11.4 Å². The maximum atomic E-state index is 5.98. The van der Waals surface area contributed by atoms with Gasteiger partial charge in [0.25, 0.3) is 0 Å². The summed E-state index contributed by atoms with van der Waals surface area (Å²) in [6.45, 7) is 0. The van der Waals surface area contributed by atoms with Crippen molar-refractivity contribution in [3.8, 4) is 11.4 Å². The first-order valence-electron chi connectivity index (χ1n) is 5.12. The van der Waals surface area contributed by atoms with Crippen molar-refractivity contribution < 1.29 is 0 Å². The van der Waals surface area contributed by atoms with E-state index in [0.29, 0.717) is 10.9 Å². The highest BCUT2D eigenvalue weighted by Gasteiger charge is 2.27. The Bertz CT molecular complexity index is 534. The number of hydrogen-bond acceptors (Lipinski definition) is 2. The molecule has 0 spiro atoms. The van der Waals surface area contributed by atoms with E-state index in [1.165, 1.54) is 12.8 Å². The predicted molar refractivity (Wildman–Crippen MR) is 71.5 cm³/mol. The molecule has 1 aliphatic rings. The van der Waals surface area contributed by atoms with Gasteiger partial charge in [-0.25, -0.2) is 4.98 Å². The fourth-order valence-electron chi connectivity index (χ4n) is 1.60. The molecular formula is C11H9ClIN3. The zero-order chi connectivity index (χ0) is 11.1. The van der Waals surface area contributed by atoms with Crippen LogP contribution in [0.1, 0.15) is 24.6 Å². The van der Waals surface area contributed by atoms with Crippen LogP contribution in [0.5, 0.6) is 0 Å². The standard InChI is InChI=1S/C11H9ClIN3/c12-7-3-4-9(13)8(5-7)11-14-10(15-16-11)6-1-2-6/h3-6H,1-2H2,(H,14,15,16). The average molecular weight is 346 g/mol. The number of H-pyrrole nitrogens is 1. The predicted octanol–water partition coefficient (Wildman–Crippen LogP) is 3.61. The lowest BCUT2D eigenvalue weighted by Crippen LogP contribution is -1.86. The molecule has 16 heavy (non-hydrogen) atoms. The van der Waals surface area contributed by atoms with Crippen molar-refractivity contribution in [3.63, 3.8) is 0 Å². The van der Waals surface area contributed by atoms with E-state index in [-0.39, 0.29) is 0 Å². The Kier molecular flexibility index (Phi) is 2.63. The Morgan fingerprint density at radius 3 is 2.94 bits per heavy atom. The van der Waals surface area contributed by atoms with E-state index in [0.717, 1.165) is 20.8 Å². The fraction of sp³-hybridized carbons (Fsp3) is 0.273. The van der Waals surface area contributed by atoms with Crippen molar-refractivity contribution in [2.45, 2.75) is 18.8 Å². The zero-order valence-electron chi connectivity index (χ0n) is 8.37. The molecule has 0 aliphatic heterocycles. The second-order valence-corrected chi connectivity index (χ2v) is 5.54. The first kappa shape index (κ1) is 10.5. The van der Waals surface area contributed by atoms with Crippen LogP contribution in [0.4, 0.5) is 0 Å². The molecule has 1 aliphatic carbocycles. The Morgan fingerprint density at radius 1 is 1.38 bits per heavy atom. The van der Waals surface area contributed by atoms with Gasteiger partial charge in [0.1, 0.15) is 5.82 Å². The topological polar surface area (TPSA) is 41.6 Å². The van der Waals surface area contributed by atoms with Crippen molar-refractivity contribution in [1.82, 2.24) is 15.2 Å². The summed E-state index contributed by atoms with van der Waals surface area (Å²) in [4.78, 5) is 4.51. The smallest absolute Gasteiger partial charge is 0.182 e. The van der Waals surface area contributed by atoms with Crippen LogP contribution >= 0.6 is 34.2 Å². The van der Waals surface area contributed by atoms with E-state index in [2.05, 4.69) is 37.8 Å². The molecule has 1 aromatic heterocycles. The SMILES string of the molecule is Clc1ccc(I)c(-c2n[nH]c(C3CC3)n2)c1. The van der Waals surface area contributed by atoms with Crippen LogP contribution in [0.3, 0.4) is 0 Å². The molecule has 1 saturated carbocycles. The van der Waals surface area contributed by atoms with E-state index >= 15 is 0 Å². The minimum absolute atomic E-state index is 0.595. The van der Waals surface area contributed by atoms with Gasteiger partial charge in [-0.05, 0) is 53.6 Å². The molecule has 1 fully saturated rings. The second kappa shape index (κ2) is 4.00. The molecule has 5 heteroatoms. The van der Waals surface area contributed by atoms with E-state index in [4.69, 9.17) is 11.6 Å². The largest absolute Gasteiger partial charge is 0.262 e. The molecule has 0 saturated heterocycles. The van der Waals surface area contributed by atoms with Gasteiger partial charge in [0.05, 0.1) is 0 Å². The first-order chi connectivity index (χ1) is 7.74. The first-order valence-corrected chi connectivity index (χ1v) is 6.57. The van der Waals surface area contributed by atoms with Gasteiger partial charge in [0, 0.05) is 20.1 Å². The van der Waals surface area contributed by atoms with E-state index < -0.39 is 0 Å². The molecule has 3 nitrogen and oxygen atoms in total. The Morgan fingerprint density at radius 2 is 2.19 bits per heavy atom. The van der Waals surface area contributed by atoms with Crippen LogP contribution in [-0.4, -0.2) is 15.2 Å². The number of nitrogens with one attached hydrogen (secondary N) is 1. The quantitative estimate of drug-likeness (QED) is 0.845. The number of benzene rings is 1. The normalized spacial score (nSPS) is 15.4. The van der Waals surface area contributed by atoms with Crippen molar-refractivity contribution in [1.29, 1.82) is 0 Å². The molecule has 0 bridgehead atoms. The van der Waals surface area contributed by atoms with Gasteiger partial charge in [0.15, 0.2) is 5.82 Å². The van der Waals surface area contributed by atoms with Crippen LogP contribution < -0.4 is 0 Å². The van der Waals surface area contributed by atoms with Gasteiger partial charge in [-0.1, -0.05) is 11.6 Å². The summed E-state index contributed by atoms with van der Waals surface area (Å²) < 4.78 is 1.11. The summed E-state index contributed by atoms with van der Waals surface area (Å²) in [6.07, 6.45) is 2.45. The molecule has 2 aromatic rings. The van der Waals surface area contributed by atoms with Crippen LogP contribution in [0.2, 0.25) is 5.02 Å². The monoisotopic (exact) mass is 345 g/mol. The number of hydrogen-bond donors (Lipinski definition) is 1. The lowest BCUT2D eigenvalue weighted by Gasteiger charge is -1.99. The molecule has 1 N–H and O–H groups in total. The minimum Gasteiger partial charge on any atom is -0.262 e. The average Bonchev–Trinajstić information content (AvgIpc) is 3.01. The summed E-state index contributed by atoms with van der Waals surface area (Å²) in [7, 11) is 0. The van der Waals surface area contributed by atoms with Gasteiger partial charge in [-0.2, -0.15) is 5.10 Å². The molecule has 0 atom stereocenters. The molecule has 1 heterocycles. The third-order valence-corrected chi connectivity index (χ3v) is 3.81. The zero-order valence-corrected chi connectivity index (χ0v) is 11.3. The number of nitrogens with zero attached hydrogens (tertiary/aromatic N) is 2. The number of rotatable bonds is 2. The summed E-state index contributed by atoms with van der Waals surface area (Å²) >= 11 is 8.25. The number of aromatic amines is 1. The number of halogens is 2. The third kappa shape index (κ3) is 1.96.